The van der Waals surface area contributed by atoms with Crippen molar-refractivity contribution < 1.29 is 9.53 Å². The first kappa shape index (κ1) is 14.1. The van der Waals surface area contributed by atoms with Crippen LogP contribution < -0.4 is 5.56 Å². The van der Waals surface area contributed by atoms with E-state index in [2.05, 4.69) is 11.6 Å². The van der Waals surface area contributed by atoms with Crippen LogP contribution >= 0.6 is 0 Å². The molecular weight excluding hydrogens is 253 g/mol. The minimum absolute atomic E-state index is 0.249. The first-order chi connectivity index (χ1) is 9.65. The predicted molar refractivity (Wildman–Crippen MR) is 80.1 cm³/mol. The smallest absolute Gasteiger partial charge is 0.338 e. The Kier molecular flexibility index (Phi) is 4.40. The molecule has 0 fully saturated rings. The van der Waals surface area contributed by atoms with Gasteiger partial charge in [0, 0.05) is 18.0 Å². The van der Waals surface area contributed by atoms with Gasteiger partial charge in [-0.1, -0.05) is 30.8 Å². The molecule has 0 aliphatic heterocycles. The Balaban J connectivity index is 2.41. The van der Waals surface area contributed by atoms with E-state index in [0.29, 0.717) is 0 Å². The summed E-state index contributed by atoms with van der Waals surface area (Å²) in [7, 11) is 2.35. The average molecular weight is 269 g/mol. The van der Waals surface area contributed by atoms with Gasteiger partial charge in [-0.2, -0.15) is 0 Å². The molecule has 2 aromatic rings. The first-order valence-corrected chi connectivity index (χ1v) is 6.56. The number of nitrogens with zero attached hydrogens (tertiary/aromatic N) is 1. The van der Waals surface area contributed by atoms with E-state index < -0.39 is 5.97 Å². The fourth-order valence-corrected chi connectivity index (χ4v) is 2.09. The molecule has 0 saturated heterocycles. The fraction of sp³-hybridized carbons (Fsp3) is 0.200. The Morgan fingerprint density at radius 2 is 2.10 bits per heavy atom. The number of benzene rings is 1. The molecule has 0 radical (unpaired) electrons. The van der Waals surface area contributed by atoms with Crippen molar-refractivity contribution in [3.8, 4) is 5.69 Å². The average Bonchev–Trinajstić information content (AvgIpc) is 2.47. The Bertz CT molecular complexity index is 679. The summed E-state index contributed by atoms with van der Waals surface area (Å²) in [6, 6.07) is 10.7. The van der Waals surface area contributed by atoms with Gasteiger partial charge in [0.1, 0.15) is 7.28 Å². The van der Waals surface area contributed by atoms with Gasteiger partial charge in [0.2, 0.25) is 0 Å². The number of rotatable bonds is 4. The number of carbonyl (C=O) groups excluding carboxylic acids is 1. The highest BCUT2D eigenvalue weighted by molar-refractivity contribution is 6.32. The highest BCUT2D eigenvalue weighted by atomic mass is 16.5. The molecule has 5 heteroatoms. The maximum Gasteiger partial charge on any atom is 0.338 e. The molecule has 0 saturated carbocycles. The lowest BCUT2D eigenvalue weighted by molar-refractivity contribution is 0.0600. The largest absolute Gasteiger partial charge is 0.465 e. The molecule has 0 atom stereocenters. The normalized spacial score (nSPS) is 10.1. The van der Waals surface area contributed by atoms with Crippen LogP contribution in [0.25, 0.3) is 5.69 Å². The lowest BCUT2D eigenvalue weighted by Crippen LogP contribution is -2.19. The van der Waals surface area contributed by atoms with Crippen LogP contribution in [0, 0.1) is 0 Å². The van der Waals surface area contributed by atoms with Crippen molar-refractivity contribution in [2.24, 2.45) is 0 Å². The molecule has 2 rings (SSSR count). The van der Waals surface area contributed by atoms with Crippen LogP contribution in [0.4, 0.5) is 0 Å². The summed E-state index contributed by atoms with van der Waals surface area (Å²) in [6.45, 7) is 2.12. The Morgan fingerprint density at radius 1 is 1.30 bits per heavy atom. The van der Waals surface area contributed by atoms with E-state index in [1.165, 1.54) is 23.3 Å². The van der Waals surface area contributed by atoms with Crippen LogP contribution in [0.2, 0.25) is 6.82 Å². The van der Waals surface area contributed by atoms with Crippen LogP contribution in [0.5, 0.6) is 0 Å². The van der Waals surface area contributed by atoms with E-state index in [4.69, 9.17) is 0 Å². The van der Waals surface area contributed by atoms with Gasteiger partial charge in [-0.3, -0.25) is 9.36 Å². The molecule has 0 amide bonds. The number of hydrogen-bond acceptors (Lipinski definition) is 3. The predicted octanol–water partition coefficient (Wildman–Crippen LogP) is 1.61. The van der Waals surface area contributed by atoms with Crippen LogP contribution in [0.3, 0.4) is 0 Å². The number of esters is 1. The topological polar surface area (TPSA) is 48.3 Å². The van der Waals surface area contributed by atoms with E-state index in [-0.39, 0.29) is 11.1 Å². The SMILES string of the molecule is CBCc1cccc(-n2ccc(C(=O)OC)cc2=O)c1. The van der Waals surface area contributed by atoms with Gasteiger partial charge in [-0.25, -0.2) is 4.79 Å². The van der Waals surface area contributed by atoms with Crippen molar-refractivity contribution in [1.29, 1.82) is 0 Å². The molecule has 0 aliphatic carbocycles. The second-order valence-corrected chi connectivity index (χ2v) is 4.54. The van der Waals surface area contributed by atoms with Crippen molar-refractivity contribution in [1.82, 2.24) is 4.57 Å². The number of ether oxygens (including phenoxy) is 1. The van der Waals surface area contributed by atoms with E-state index >= 15 is 0 Å². The Morgan fingerprint density at radius 3 is 2.75 bits per heavy atom. The minimum Gasteiger partial charge on any atom is -0.465 e. The number of carbonyl (C=O) groups is 1. The van der Waals surface area contributed by atoms with Crippen molar-refractivity contribution in [2.75, 3.05) is 7.11 Å². The van der Waals surface area contributed by atoms with Gasteiger partial charge < -0.3 is 4.74 Å². The zero-order valence-corrected chi connectivity index (χ0v) is 11.6. The van der Waals surface area contributed by atoms with Crippen LogP contribution in [-0.4, -0.2) is 24.9 Å². The molecule has 0 spiro atoms. The van der Waals surface area contributed by atoms with Gasteiger partial charge in [0.25, 0.3) is 5.56 Å². The summed E-state index contributed by atoms with van der Waals surface area (Å²) in [6.07, 6.45) is 2.57. The third-order valence-corrected chi connectivity index (χ3v) is 3.07. The van der Waals surface area contributed by atoms with Crippen molar-refractivity contribution in [2.45, 2.75) is 13.1 Å². The van der Waals surface area contributed by atoms with Crippen molar-refractivity contribution in [3.05, 3.63) is 64.1 Å². The van der Waals surface area contributed by atoms with Gasteiger partial charge >= 0.3 is 5.97 Å². The van der Waals surface area contributed by atoms with Gasteiger partial charge in [-0.05, 0) is 18.2 Å². The highest BCUT2D eigenvalue weighted by Crippen LogP contribution is 2.10. The monoisotopic (exact) mass is 269 g/mol. The summed E-state index contributed by atoms with van der Waals surface area (Å²) in [5, 5.41) is 0. The number of methoxy groups -OCH3 is 1. The molecule has 1 aromatic heterocycles. The van der Waals surface area contributed by atoms with E-state index in [1.54, 1.807) is 12.3 Å². The number of aromatic nitrogens is 1. The molecule has 102 valence electrons. The van der Waals surface area contributed by atoms with Gasteiger partial charge in [0.05, 0.1) is 12.7 Å². The third-order valence-electron chi connectivity index (χ3n) is 3.07. The number of hydrogen-bond donors (Lipinski definition) is 0. The quantitative estimate of drug-likeness (QED) is 0.625. The maximum absolute atomic E-state index is 12.1. The second-order valence-electron chi connectivity index (χ2n) is 4.54. The Labute approximate surface area is 118 Å². The highest BCUT2D eigenvalue weighted by Gasteiger charge is 2.08. The molecule has 1 aromatic carbocycles. The molecule has 0 aliphatic rings. The van der Waals surface area contributed by atoms with E-state index in [1.807, 2.05) is 24.3 Å². The van der Waals surface area contributed by atoms with Crippen molar-refractivity contribution in [3.63, 3.8) is 0 Å². The van der Waals surface area contributed by atoms with E-state index in [0.717, 1.165) is 19.3 Å². The summed E-state index contributed by atoms with van der Waals surface area (Å²) in [4.78, 5) is 23.5. The minimum atomic E-state index is -0.506. The summed E-state index contributed by atoms with van der Waals surface area (Å²) >= 11 is 0. The fourth-order valence-electron chi connectivity index (χ4n) is 2.09. The standard InChI is InChI=1S/C15H16BNO3/c1-16-10-11-4-3-5-13(8-11)17-7-6-12(9-14(17)18)15(19)20-2/h3-9,16H,10H2,1-2H3. The van der Waals surface area contributed by atoms with Gasteiger partial charge in [0.15, 0.2) is 0 Å². The maximum atomic E-state index is 12.1. The van der Waals surface area contributed by atoms with Crippen molar-refractivity contribution >= 4 is 13.2 Å². The molecule has 0 N–H and O–H groups in total. The lowest BCUT2D eigenvalue weighted by Gasteiger charge is -2.08. The van der Waals surface area contributed by atoms with E-state index in [9.17, 15) is 9.59 Å². The molecule has 0 bridgehead atoms. The van der Waals surface area contributed by atoms with Crippen LogP contribution in [0.15, 0.2) is 47.4 Å². The van der Waals surface area contributed by atoms with Crippen LogP contribution in [-0.2, 0) is 11.1 Å². The summed E-state index contributed by atoms with van der Waals surface area (Å²) in [5.41, 5.74) is 2.01. The summed E-state index contributed by atoms with van der Waals surface area (Å²) < 4.78 is 6.12. The molecule has 4 nitrogen and oxygen atoms in total. The lowest BCUT2D eigenvalue weighted by atomic mass is 9.75. The molecular formula is C15H16BNO3. The third kappa shape index (κ3) is 2.99. The Hall–Kier alpha value is -2.30. The zero-order valence-electron chi connectivity index (χ0n) is 11.6. The van der Waals surface area contributed by atoms with Gasteiger partial charge in [-0.15, -0.1) is 0 Å². The van der Waals surface area contributed by atoms with Crippen LogP contribution in [0.1, 0.15) is 15.9 Å². The zero-order chi connectivity index (χ0) is 14.5. The summed E-state index contributed by atoms with van der Waals surface area (Å²) in [5.74, 6) is -0.506. The second kappa shape index (κ2) is 6.24. The molecule has 20 heavy (non-hydrogen) atoms. The molecule has 0 unspecified atom stereocenters. The first-order valence-electron chi connectivity index (χ1n) is 6.56. The number of pyridine rings is 1. The molecule has 1 heterocycles.